The summed E-state index contributed by atoms with van der Waals surface area (Å²) in [5.74, 6) is -1.83. The summed E-state index contributed by atoms with van der Waals surface area (Å²) in [7, 11) is 0. The van der Waals surface area contributed by atoms with Gasteiger partial charge in [0.1, 0.15) is 0 Å². The Labute approximate surface area is 94.2 Å². The predicted molar refractivity (Wildman–Crippen MR) is 49.6 cm³/mol. The van der Waals surface area contributed by atoms with Gasteiger partial charge in [-0.1, -0.05) is 19.1 Å². The lowest BCUT2D eigenvalue weighted by Gasteiger charge is -2.09. The van der Waals surface area contributed by atoms with E-state index in [0.29, 0.717) is 11.7 Å². The van der Waals surface area contributed by atoms with Crippen molar-refractivity contribution in [3.05, 3.63) is 5.82 Å². The summed E-state index contributed by atoms with van der Waals surface area (Å²) in [6.45, 7) is 4.03. The molecule has 0 spiro atoms. The summed E-state index contributed by atoms with van der Waals surface area (Å²) in [6.07, 6.45) is -5.08. The van der Waals surface area contributed by atoms with E-state index in [0.717, 1.165) is 0 Å². The highest BCUT2D eigenvalue weighted by Crippen LogP contribution is 2.13. The van der Waals surface area contributed by atoms with Crippen molar-refractivity contribution in [1.29, 1.82) is 0 Å². The Morgan fingerprint density at radius 2 is 1.94 bits per heavy atom. The van der Waals surface area contributed by atoms with Crippen LogP contribution in [0.3, 0.4) is 0 Å². The van der Waals surface area contributed by atoms with Gasteiger partial charge in [-0.05, 0) is 5.92 Å². The second-order valence-electron chi connectivity index (χ2n) is 3.34. The Morgan fingerprint density at radius 1 is 1.47 bits per heavy atom. The van der Waals surface area contributed by atoms with Gasteiger partial charge in [-0.2, -0.15) is 18.4 Å². The van der Waals surface area contributed by atoms with Crippen LogP contribution in [0.2, 0.25) is 0 Å². The molecule has 0 bridgehead atoms. The number of aliphatic carboxylic acids is 1. The Morgan fingerprint density at radius 3 is 2.18 bits per heavy atom. The molecular formula is C7H12F3N5O2. The first kappa shape index (κ1) is 15.3. The van der Waals surface area contributed by atoms with Crippen LogP contribution in [-0.4, -0.2) is 37.9 Å². The van der Waals surface area contributed by atoms with Crippen LogP contribution >= 0.6 is 0 Å². The number of tetrazole rings is 1. The van der Waals surface area contributed by atoms with Gasteiger partial charge in [-0.3, -0.25) is 0 Å². The van der Waals surface area contributed by atoms with Crippen molar-refractivity contribution < 1.29 is 23.1 Å². The fraction of sp³-hybridized carbons (Fsp3) is 0.714. The SMILES string of the molecule is CC(C)[C@H](N)c1nn[nH]n1.O=C(O)C(F)(F)F. The van der Waals surface area contributed by atoms with Crippen LogP contribution in [-0.2, 0) is 4.79 Å². The number of carboxylic acid groups (broad SMARTS) is 1. The van der Waals surface area contributed by atoms with Crippen molar-refractivity contribution in [3.8, 4) is 0 Å². The summed E-state index contributed by atoms with van der Waals surface area (Å²) < 4.78 is 31.7. The first-order chi connectivity index (χ1) is 7.66. The first-order valence-corrected chi connectivity index (χ1v) is 4.45. The van der Waals surface area contributed by atoms with Crippen molar-refractivity contribution in [2.45, 2.75) is 26.1 Å². The van der Waals surface area contributed by atoms with E-state index in [2.05, 4.69) is 20.6 Å². The molecule has 0 saturated carbocycles. The van der Waals surface area contributed by atoms with Gasteiger partial charge in [0.25, 0.3) is 0 Å². The highest BCUT2D eigenvalue weighted by Gasteiger charge is 2.38. The summed E-state index contributed by atoms with van der Waals surface area (Å²) in [5, 5.41) is 20.4. The van der Waals surface area contributed by atoms with Gasteiger partial charge in [-0.15, -0.1) is 10.2 Å². The first-order valence-electron chi connectivity index (χ1n) is 4.45. The van der Waals surface area contributed by atoms with E-state index < -0.39 is 12.1 Å². The molecule has 0 radical (unpaired) electrons. The van der Waals surface area contributed by atoms with Crippen LogP contribution in [0.5, 0.6) is 0 Å². The molecule has 1 aromatic heterocycles. The van der Waals surface area contributed by atoms with Gasteiger partial charge in [-0.25, -0.2) is 4.79 Å². The third kappa shape index (κ3) is 5.80. The van der Waals surface area contributed by atoms with Crippen LogP contribution in [0.1, 0.15) is 25.7 Å². The lowest BCUT2D eigenvalue weighted by Crippen LogP contribution is -2.21. The van der Waals surface area contributed by atoms with Gasteiger partial charge in [0.2, 0.25) is 0 Å². The molecule has 10 heteroatoms. The van der Waals surface area contributed by atoms with Gasteiger partial charge < -0.3 is 10.8 Å². The number of carbonyl (C=O) groups is 1. The number of hydrogen-bond acceptors (Lipinski definition) is 5. The van der Waals surface area contributed by atoms with E-state index in [4.69, 9.17) is 15.6 Å². The largest absolute Gasteiger partial charge is 0.490 e. The number of hydrogen-bond donors (Lipinski definition) is 3. The number of rotatable bonds is 2. The molecular weight excluding hydrogens is 243 g/mol. The number of aromatic nitrogens is 4. The monoisotopic (exact) mass is 255 g/mol. The minimum Gasteiger partial charge on any atom is -0.475 e. The van der Waals surface area contributed by atoms with E-state index in [-0.39, 0.29) is 6.04 Å². The summed E-state index contributed by atoms with van der Waals surface area (Å²) in [6, 6.07) is -0.112. The second-order valence-corrected chi connectivity index (χ2v) is 3.34. The van der Waals surface area contributed by atoms with Crippen molar-refractivity contribution in [2.24, 2.45) is 11.7 Å². The number of nitrogens with one attached hydrogen (secondary N) is 1. The molecule has 1 atom stereocenters. The van der Waals surface area contributed by atoms with Crippen LogP contribution in [0, 0.1) is 5.92 Å². The molecule has 0 aromatic carbocycles. The molecule has 17 heavy (non-hydrogen) atoms. The molecule has 98 valence electrons. The van der Waals surface area contributed by atoms with Crippen molar-refractivity contribution in [1.82, 2.24) is 20.6 Å². The maximum atomic E-state index is 10.6. The number of H-pyrrole nitrogens is 1. The molecule has 0 amide bonds. The lowest BCUT2D eigenvalue weighted by atomic mass is 10.1. The molecule has 4 N–H and O–H groups in total. The van der Waals surface area contributed by atoms with Crippen LogP contribution in [0.4, 0.5) is 13.2 Å². The Balaban J connectivity index is 0.000000325. The van der Waals surface area contributed by atoms with E-state index in [1.165, 1.54) is 0 Å². The second kappa shape index (κ2) is 6.13. The smallest absolute Gasteiger partial charge is 0.475 e. The number of aromatic amines is 1. The van der Waals surface area contributed by atoms with E-state index in [1.807, 2.05) is 13.8 Å². The fourth-order valence-corrected chi connectivity index (χ4v) is 0.609. The van der Waals surface area contributed by atoms with E-state index >= 15 is 0 Å². The highest BCUT2D eigenvalue weighted by molar-refractivity contribution is 5.73. The Bertz CT molecular complexity index is 338. The zero-order chi connectivity index (χ0) is 13.6. The minimum absolute atomic E-state index is 0.112. The third-order valence-corrected chi connectivity index (χ3v) is 1.62. The number of halogens is 3. The molecule has 1 aromatic rings. The zero-order valence-corrected chi connectivity index (χ0v) is 9.06. The van der Waals surface area contributed by atoms with Crippen LogP contribution in [0.15, 0.2) is 0 Å². The molecule has 0 fully saturated rings. The number of alkyl halides is 3. The Hall–Kier alpha value is -1.71. The molecule has 0 aliphatic carbocycles. The average Bonchev–Trinajstić information content (AvgIpc) is 2.68. The van der Waals surface area contributed by atoms with Gasteiger partial charge in [0, 0.05) is 0 Å². The maximum absolute atomic E-state index is 10.6. The van der Waals surface area contributed by atoms with E-state index in [1.54, 1.807) is 0 Å². The van der Waals surface area contributed by atoms with Gasteiger partial charge in [0.15, 0.2) is 5.82 Å². The van der Waals surface area contributed by atoms with E-state index in [9.17, 15) is 13.2 Å². The van der Waals surface area contributed by atoms with Crippen LogP contribution < -0.4 is 5.73 Å². The third-order valence-electron chi connectivity index (χ3n) is 1.62. The highest BCUT2D eigenvalue weighted by atomic mass is 19.4. The maximum Gasteiger partial charge on any atom is 0.490 e. The standard InChI is InChI=1S/C5H11N5.C2HF3O2/c1-3(2)4(6)5-7-9-10-8-5;3-2(4,5)1(6)7/h3-4H,6H2,1-2H3,(H,7,8,9,10);(H,6,7)/t4-;/m0./s1. The average molecular weight is 255 g/mol. The molecule has 0 aliphatic rings. The van der Waals surface area contributed by atoms with Gasteiger partial charge >= 0.3 is 12.1 Å². The zero-order valence-electron chi connectivity index (χ0n) is 9.06. The molecule has 0 aliphatic heterocycles. The molecule has 7 nitrogen and oxygen atoms in total. The summed E-state index contributed by atoms with van der Waals surface area (Å²) >= 11 is 0. The minimum atomic E-state index is -5.08. The number of carboxylic acids is 1. The number of nitrogens with two attached hydrogens (primary N) is 1. The van der Waals surface area contributed by atoms with Crippen molar-refractivity contribution >= 4 is 5.97 Å². The molecule has 0 unspecified atom stereocenters. The van der Waals surface area contributed by atoms with Gasteiger partial charge in [0.05, 0.1) is 6.04 Å². The predicted octanol–water partition coefficient (Wildman–Crippen LogP) is 0.489. The lowest BCUT2D eigenvalue weighted by molar-refractivity contribution is -0.192. The van der Waals surface area contributed by atoms with Crippen molar-refractivity contribution in [3.63, 3.8) is 0 Å². The quantitative estimate of drug-likeness (QED) is 0.707. The molecule has 0 saturated heterocycles. The summed E-state index contributed by atoms with van der Waals surface area (Å²) in [4.78, 5) is 8.90. The number of nitrogens with zero attached hydrogens (tertiary/aromatic N) is 3. The molecule has 1 heterocycles. The molecule has 1 rings (SSSR count). The van der Waals surface area contributed by atoms with Crippen molar-refractivity contribution in [2.75, 3.05) is 0 Å². The normalized spacial score (nSPS) is 12.9. The fourth-order valence-electron chi connectivity index (χ4n) is 0.609. The topological polar surface area (TPSA) is 118 Å². The summed E-state index contributed by atoms with van der Waals surface area (Å²) in [5.41, 5.74) is 5.70. The Kier molecular flexibility index (Phi) is 5.51. The van der Waals surface area contributed by atoms with Crippen LogP contribution in [0.25, 0.3) is 0 Å².